The van der Waals surface area contributed by atoms with Crippen molar-refractivity contribution in [2.75, 3.05) is 5.32 Å². The SMILES string of the molecule is Cc1ccccc1C(=O)Nc1cc(-c2c(Cl)n3n(c2=O)CCCC3)c(F)cc1Cl. The largest absolute Gasteiger partial charge is 0.321 e. The highest BCUT2D eigenvalue weighted by atomic mass is 35.5. The summed E-state index contributed by atoms with van der Waals surface area (Å²) in [5.41, 5.74) is 1.22. The van der Waals surface area contributed by atoms with Gasteiger partial charge in [-0.25, -0.2) is 9.07 Å². The number of halogens is 3. The van der Waals surface area contributed by atoms with Crippen LogP contribution in [0, 0.1) is 12.7 Å². The average Bonchev–Trinajstić information content (AvgIpc) is 2.95. The first-order valence-corrected chi connectivity index (χ1v) is 9.99. The molecule has 0 unspecified atom stereocenters. The third-order valence-corrected chi connectivity index (χ3v) is 5.82. The number of carbonyl (C=O) groups excluding carboxylic acids is 1. The highest BCUT2D eigenvalue weighted by Crippen LogP contribution is 2.35. The summed E-state index contributed by atoms with van der Waals surface area (Å²) in [7, 11) is 0. The number of nitrogens with one attached hydrogen (secondary N) is 1. The predicted octanol–water partition coefficient (Wildman–Crippen LogP) is 5.12. The Morgan fingerprint density at radius 1 is 1.10 bits per heavy atom. The van der Waals surface area contributed by atoms with E-state index in [9.17, 15) is 14.0 Å². The molecule has 1 aliphatic rings. The number of rotatable bonds is 3. The summed E-state index contributed by atoms with van der Waals surface area (Å²) in [6, 6.07) is 9.54. The van der Waals surface area contributed by atoms with Crippen LogP contribution in [0.1, 0.15) is 28.8 Å². The Bertz CT molecular complexity index is 1180. The molecule has 1 amide bonds. The molecule has 29 heavy (non-hydrogen) atoms. The molecule has 3 aromatic rings. The molecule has 0 spiro atoms. The van der Waals surface area contributed by atoms with Crippen LogP contribution in [0.15, 0.2) is 41.2 Å². The minimum atomic E-state index is -0.675. The van der Waals surface area contributed by atoms with Gasteiger partial charge in [-0.15, -0.1) is 0 Å². The van der Waals surface area contributed by atoms with E-state index in [0.717, 1.165) is 24.5 Å². The molecule has 0 saturated heterocycles. The summed E-state index contributed by atoms with van der Waals surface area (Å²) < 4.78 is 17.9. The van der Waals surface area contributed by atoms with E-state index in [2.05, 4.69) is 5.32 Å². The highest BCUT2D eigenvalue weighted by Gasteiger charge is 2.25. The number of aromatic nitrogens is 2. The molecule has 0 bridgehead atoms. The van der Waals surface area contributed by atoms with E-state index in [1.807, 2.05) is 19.1 Å². The second-order valence-electron chi connectivity index (χ2n) is 7.01. The number of hydrogen-bond donors (Lipinski definition) is 1. The molecule has 8 heteroatoms. The minimum absolute atomic E-state index is 0.0129. The lowest BCUT2D eigenvalue weighted by Gasteiger charge is -2.17. The van der Waals surface area contributed by atoms with Gasteiger partial charge in [0.15, 0.2) is 0 Å². The van der Waals surface area contributed by atoms with Gasteiger partial charge < -0.3 is 5.32 Å². The number of nitrogens with zero attached hydrogens (tertiary/aromatic N) is 2. The molecule has 2 heterocycles. The van der Waals surface area contributed by atoms with Gasteiger partial charge in [0.25, 0.3) is 11.5 Å². The fourth-order valence-corrected chi connectivity index (χ4v) is 4.16. The molecular formula is C21H18Cl2FN3O2. The van der Waals surface area contributed by atoms with Crippen molar-refractivity contribution in [3.05, 3.63) is 73.9 Å². The summed E-state index contributed by atoms with van der Waals surface area (Å²) in [6.07, 6.45) is 1.76. The molecule has 0 radical (unpaired) electrons. The minimum Gasteiger partial charge on any atom is -0.321 e. The Morgan fingerprint density at radius 3 is 2.48 bits per heavy atom. The van der Waals surface area contributed by atoms with E-state index in [1.54, 1.807) is 16.8 Å². The van der Waals surface area contributed by atoms with E-state index in [4.69, 9.17) is 23.2 Å². The van der Waals surface area contributed by atoms with Gasteiger partial charge in [-0.1, -0.05) is 41.4 Å². The fraction of sp³-hybridized carbons (Fsp3) is 0.238. The topological polar surface area (TPSA) is 56.0 Å². The zero-order valence-electron chi connectivity index (χ0n) is 15.6. The Morgan fingerprint density at radius 2 is 1.79 bits per heavy atom. The number of amides is 1. The van der Waals surface area contributed by atoms with Crippen molar-refractivity contribution in [3.63, 3.8) is 0 Å². The van der Waals surface area contributed by atoms with E-state index < -0.39 is 5.82 Å². The first kappa shape index (κ1) is 19.7. The fourth-order valence-electron chi connectivity index (χ4n) is 3.61. The lowest BCUT2D eigenvalue weighted by Crippen LogP contribution is -2.27. The van der Waals surface area contributed by atoms with Gasteiger partial charge in [-0.3, -0.25) is 14.3 Å². The molecule has 1 aliphatic heterocycles. The number of hydrogen-bond acceptors (Lipinski definition) is 2. The summed E-state index contributed by atoms with van der Waals surface area (Å²) in [5.74, 6) is -1.05. The van der Waals surface area contributed by atoms with Crippen LogP contribution in [0.4, 0.5) is 10.1 Å². The molecule has 0 saturated carbocycles. The summed E-state index contributed by atoms with van der Waals surface area (Å²) >= 11 is 12.6. The first-order chi connectivity index (χ1) is 13.9. The maximum Gasteiger partial charge on any atom is 0.276 e. The Balaban J connectivity index is 1.78. The van der Waals surface area contributed by atoms with Crippen LogP contribution < -0.4 is 10.9 Å². The zero-order chi connectivity index (χ0) is 20.7. The van der Waals surface area contributed by atoms with Crippen LogP contribution in [0.3, 0.4) is 0 Å². The summed E-state index contributed by atoms with van der Waals surface area (Å²) in [6.45, 7) is 2.95. The number of fused-ring (bicyclic) bond motifs is 1. The van der Waals surface area contributed by atoms with Crippen molar-refractivity contribution in [1.29, 1.82) is 0 Å². The zero-order valence-corrected chi connectivity index (χ0v) is 17.1. The normalized spacial score (nSPS) is 13.2. The lowest BCUT2D eigenvalue weighted by molar-refractivity contribution is 0.102. The first-order valence-electron chi connectivity index (χ1n) is 9.24. The summed E-state index contributed by atoms with van der Waals surface area (Å²) in [5, 5.41) is 2.93. The molecule has 4 rings (SSSR count). The monoisotopic (exact) mass is 433 g/mol. The standard InChI is InChI=1S/C21H18Cl2FN3O2/c1-12-6-2-3-7-13(12)20(28)25-17-10-14(16(24)11-15(17)22)18-19(23)26-8-4-5-9-27(26)21(18)29/h2-3,6-7,10-11H,4-5,8-9H2,1H3,(H,25,28). The number of anilines is 1. The van der Waals surface area contributed by atoms with Crippen LogP contribution in [0.2, 0.25) is 10.2 Å². The summed E-state index contributed by atoms with van der Waals surface area (Å²) in [4.78, 5) is 25.5. The Hall–Kier alpha value is -2.57. The second-order valence-corrected chi connectivity index (χ2v) is 7.77. The molecule has 0 fully saturated rings. The van der Waals surface area contributed by atoms with Gasteiger partial charge in [0.05, 0.1) is 16.3 Å². The van der Waals surface area contributed by atoms with E-state index in [-0.39, 0.29) is 38.5 Å². The maximum absolute atomic E-state index is 14.8. The van der Waals surface area contributed by atoms with Gasteiger partial charge in [0.1, 0.15) is 11.0 Å². The molecule has 2 aromatic carbocycles. The molecule has 5 nitrogen and oxygen atoms in total. The van der Waals surface area contributed by atoms with E-state index in [0.29, 0.717) is 18.7 Å². The third kappa shape index (κ3) is 3.47. The average molecular weight is 434 g/mol. The molecule has 1 N–H and O–H groups in total. The van der Waals surface area contributed by atoms with Crippen LogP contribution >= 0.6 is 23.2 Å². The Kier molecular flexibility index (Phi) is 5.23. The molecule has 1 aromatic heterocycles. The number of carbonyl (C=O) groups is 1. The molecule has 0 aliphatic carbocycles. The number of aryl methyl sites for hydroxylation is 1. The smallest absolute Gasteiger partial charge is 0.276 e. The van der Waals surface area contributed by atoms with Crippen LogP contribution in [0.25, 0.3) is 11.1 Å². The highest BCUT2D eigenvalue weighted by molar-refractivity contribution is 6.34. The van der Waals surface area contributed by atoms with E-state index >= 15 is 0 Å². The van der Waals surface area contributed by atoms with Crippen molar-refractivity contribution < 1.29 is 9.18 Å². The third-order valence-electron chi connectivity index (χ3n) is 5.13. The Labute approximate surface area is 176 Å². The lowest BCUT2D eigenvalue weighted by atomic mass is 10.1. The molecule has 150 valence electrons. The van der Waals surface area contributed by atoms with Crippen molar-refractivity contribution >= 4 is 34.8 Å². The van der Waals surface area contributed by atoms with Crippen molar-refractivity contribution in [1.82, 2.24) is 9.36 Å². The van der Waals surface area contributed by atoms with Crippen LogP contribution in [0.5, 0.6) is 0 Å². The van der Waals surface area contributed by atoms with Gasteiger partial charge in [-0.05, 0) is 43.5 Å². The maximum atomic E-state index is 14.8. The van der Waals surface area contributed by atoms with Crippen molar-refractivity contribution in [3.8, 4) is 11.1 Å². The molecule has 0 atom stereocenters. The van der Waals surface area contributed by atoms with Crippen LogP contribution in [-0.2, 0) is 13.1 Å². The van der Waals surface area contributed by atoms with Gasteiger partial charge in [0.2, 0.25) is 0 Å². The predicted molar refractivity (Wildman–Crippen MR) is 112 cm³/mol. The van der Waals surface area contributed by atoms with Crippen molar-refractivity contribution in [2.45, 2.75) is 32.9 Å². The van der Waals surface area contributed by atoms with Crippen LogP contribution in [-0.4, -0.2) is 15.3 Å². The van der Waals surface area contributed by atoms with Crippen molar-refractivity contribution in [2.24, 2.45) is 0 Å². The second kappa shape index (κ2) is 7.69. The quantitative estimate of drug-likeness (QED) is 0.623. The van der Waals surface area contributed by atoms with Gasteiger partial charge in [-0.2, -0.15) is 0 Å². The molecular weight excluding hydrogens is 416 g/mol. The van der Waals surface area contributed by atoms with Gasteiger partial charge >= 0.3 is 0 Å². The van der Waals surface area contributed by atoms with Gasteiger partial charge in [0, 0.05) is 24.2 Å². The number of benzene rings is 2. The van der Waals surface area contributed by atoms with E-state index in [1.165, 1.54) is 10.7 Å².